The average Bonchev–Trinajstić information content (AvgIpc) is 2.52. The standard InChI is InChI=1S/C16H19N3O/c1-3-12-6-4-5-7-13(12)10-19-16(20)14-11-18-9-8-15(14)17-2/h4-9,11H,3,10H2,1-2H3,(H,17,18)(H,19,20). The summed E-state index contributed by atoms with van der Waals surface area (Å²) in [4.78, 5) is 16.2. The summed E-state index contributed by atoms with van der Waals surface area (Å²) >= 11 is 0. The molecular weight excluding hydrogens is 250 g/mol. The maximum absolute atomic E-state index is 12.2. The van der Waals surface area contributed by atoms with Gasteiger partial charge >= 0.3 is 0 Å². The van der Waals surface area contributed by atoms with Gasteiger partial charge in [0.25, 0.3) is 5.91 Å². The van der Waals surface area contributed by atoms with E-state index in [0.717, 1.165) is 17.7 Å². The molecule has 1 amide bonds. The zero-order chi connectivity index (χ0) is 14.4. The third-order valence-corrected chi connectivity index (χ3v) is 3.27. The number of benzene rings is 1. The highest BCUT2D eigenvalue weighted by Gasteiger charge is 2.10. The van der Waals surface area contributed by atoms with Crippen LogP contribution in [0.15, 0.2) is 42.7 Å². The van der Waals surface area contributed by atoms with Gasteiger partial charge in [0.1, 0.15) is 0 Å². The Morgan fingerprint density at radius 3 is 2.65 bits per heavy atom. The van der Waals surface area contributed by atoms with Crippen LogP contribution in [-0.2, 0) is 13.0 Å². The lowest BCUT2D eigenvalue weighted by Gasteiger charge is -2.11. The molecule has 2 aromatic rings. The molecule has 0 bridgehead atoms. The number of aromatic nitrogens is 1. The Morgan fingerprint density at radius 2 is 1.95 bits per heavy atom. The zero-order valence-corrected chi connectivity index (χ0v) is 11.8. The van der Waals surface area contributed by atoms with E-state index >= 15 is 0 Å². The highest BCUT2D eigenvalue weighted by Crippen LogP contribution is 2.13. The Morgan fingerprint density at radius 1 is 1.20 bits per heavy atom. The number of pyridine rings is 1. The molecule has 0 spiro atoms. The summed E-state index contributed by atoms with van der Waals surface area (Å²) in [5.74, 6) is -0.117. The van der Waals surface area contributed by atoms with Crippen molar-refractivity contribution in [3.8, 4) is 0 Å². The van der Waals surface area contributed by atoms with Gasteiger partial charge in [0.2, 0.25) is 0 Å². The van der Waals surface area contributed by atoms with Crippen LogP contribution in [0.2, 0.25) is 0 Å². The minimum Gasteiger partial charge on any atom is -0.387 e. The molecule has 1 aromatic carbocycles. The van der Waals surface area contributed by atoms with Gasteiger partial charge in [-0.05, 0) is 23.6 Å². The number of carbonyl (C=O) groups is 1. The molecule has 0 fully saturated rings. The molecule has 0 aliphatic carbocycles. The van der Waals surface area contributed by atoms with Crippen LogP contribution in [0.5, 0.6) is 0 Å². The highest BCUT2D eigenvalue weighted by molar-refractivity contribution is 5.99. The molecule has 2 rings (SSSR count). The SMILES string of the molecule is CCc1ccccc1CNC(=O)c1cnccc1NC. The molecule has 0 saturated carbocycles. The van der Waals surface area contributed by atoms with Crippen LogP contribution in [0, 0.1) is 0 Å². The molecule has 2 N–H and O–H groups in total. The van der Waals surface area contributed by atoms with E-state index in [1.807, 2.05) is 18.2 Å². The number of rotatable bonds is 5. The molecule has 0 saturated heterocycles. The van der Waals surface area contributed by atoms with Crippen LogP contribution in [-0.4, -0.2) is 17.9 Å². The Bertz CT molecular complexity index is 596. The van der Waals surface area contributed by atoms with E-state index in [0.29, 0.717) is 12.1 Å². The van der Waals surface area contributed by atoms with Gasteiger partial charge in [-0.25, -0.2) is 0 Å². The Balaban J connectivity index is 2.09. The number of carbonyl (C=O) groups excluding carboxylic acids is 1. The zero-order valence-electron chi connectivity index (χ0n) is 11.8. The number of anilines is 1. The van der Waals surface area contributed by atoms with Crippen molar-refractivity contribution in [3.63, 3.8) is 0 Å². The molecule has 4 heteroatoms. The van der Waals surface area contributed by atoms with E-state index in [9.17, 15) is 4.79 Å². The van der Waals surface area contributed by atoms with Crippen LogP contribution in [0.3, 0.4) is 0 Å². The monoisotopic (exact) mass is 269 g/mol. The number of hydrogen-bond donors (Lipinski definition) is 2. The number of aryl methyl sites for hydroxylation is 1. The predicted octanol–water partition coefficient (Wildman–Crippen LogP) is 2.62. The molecule has 104 valence electrons. The van der Waals surface area contributed by atoms with Crippen molar-refractivity contribution < 1.29 is 4.79 Å². The van der Waals surface area contributed by atoms with Crippen LogP contribution < -0.4 is 10.6 Å². The molecule has 0 aliphatic heterocycles. The van der Waals surface area contributed by atoms with Gasteiger partial charge in [-0.15, -0.1) is 0 Å². The number of nitrogens with zero attached hydrogens (tertiary/aromatic N) is 1. The van der Waals surface area contributed by atoms with Crippen molar-refractivity contribution in [1.82, 2.24) is 10.3 Å². The maximum Gasteiger partial charge on any atom is 0.255 e. The van der Waals surface area contributed by atoms with Gasteiger partial charge in [0.05, 0.1) is 5.56 Å². The van der Waals surface area contributed by atoms with E-state index in [-0.39, 0.29) is 5.91 Å². The van der Waals surface area contributed by atoms with Gasteiger partial charge in [0, 0.05) is 31.7 Å². The first-order valence-electron chi connectivity index (χ1n) is 6.73. The lowest BCUT2D eigenvalue weighted by atomic mass is 10.1. The van der Waals surface area contributed by atoms with Crippen molar-refractivity contribution in [3.05, 3.63) is 59.4 Å². The third kappa shape index (κ3) is 3.15. The van der Waals surface area contributed by atoms with E-state index in [2.05, 4.69) is 28.6 Å². The van der Waals surface area contributed by atoms with Crippen molar-refractivity contribution in [2.75, 3.05) is 12.4 Å². The molecule has 20 heavy (non-hydrogen) atoms. The van der Waals surface area contributed by atoms with Crippen LogP contribution in [0.25, 0.3) is 0 Å². The first kappa shape index (κ1) is 14.1. The molecule has 1 heterocycles. The fraction of sp³-hybridized carbons (Fsp3) is 0.250. The Kier molecular flexibility index (Phi) is 4.71. The van der Waals surface area contributed by atoms with Crippen LogP contribution in [0.4, 0.5) is 5.69 Å². The topological polar surface area (TPSA) is 54.0 Å². The lowest BCUT2D eigenvalue weighted by molar-refractivity contribution is 0.0951. The molecule has 0 radical (unpaired) electrons. The van der Waals surface area contributed by atoms with E-state index in [1.165, 1.54) is 5.56 Å². The fourth-order valence-corrected chi connectivity index (χ4v) is 2.14. The van der Waals surface area contributed by atoms with E-state index in [4.69, 9.17) is 0 Å². The minimum absolute atomic E-state index is 0.117. The first-order chi connectivity index (χ1) is 9.76. The summed E-state index contributed by atoms with van der Waals surface area (Å²) in [7, 11) is 1.79. The van der Waals surface area contributed by atoms with Gasteiger partial charge < -0.3 is 10.6 Å². The van der Waals surface area contributed by atoms with Gasteiger partial charge in [-0.3, -0.25) is 9.78 Å². The quantitative estimate of drug-likeness (QED) is 0.877. The van der Waals surface area contributed by atoms with Crippen LogP contribution in [0.1, 0.15) is 28.4 Å². The smallest absolute Gasteiger partial charge is 0.255 e. The minimum atomic E-state index is -0.117. The second kappa shape index (κ2) is 6.70. The molecule has 0 unspecified atom stereocenters. The number of hydrogen-bond acceptors (Lipinski definition) is 3. The second-order valence-corrected chi connectivity index (χ2v) is 4.48. The van der Waals surface area contributed by atoms with Gasteiger partial charge in [0.15, 0.2) is 0 Å². The van der Waals surface area contributed by atoms with E-state index < -0.39 is 0 Å². The average molecular weight is 269 g/mol. The first-order valence-corrected chi connectivity index (χ1v) is 6.73. The third-order valence-electron chi connectivity index (χ3n) is 3.27. The molecular formula is C16H19N3O. The summed E-state index contributed by atoms with van der Waals surface area (Å²) < 4.78 is 0. The maximum atomic E-state index is 12.2. The van der Waals surface area contributed by atoms with Gasteiger partial charge in [-0.1, -0.05) is 31.2 Å². The Labute approximate surface area is 119 Å². The highest BCUT2D eigenvalue weighted by atomic mass is 16.1. The molecule has 4 nitrogen and oxygen atoms in total. The van der Waals surface area contributed by atoms with Crippen molar-refractivity contribution in [2.45, 2.75) is 19.9 Å². The van der Waals surface area contributed by atoms with Crippen molar-refractivity contribution in [2.24, 2.45) is 0 Å². The lowest BCUT2D eigenvalue weighted by Crippen LogP contribution is -2.24. The molecule has 0 atom stereocenters. The fourth-order valence-electron chi connectivity index (χ4n) is 2.14. The summed E-state index contributed by atoms with van der Waals surface area (Å²) in [5.41, 5.74) is 3.75. The summed E-state index contributed by atoms with van der Waals surface area (Å²) in [6, 6.07) is 9.93. The number of amides is 1. The summed E-state index contributed by atoms with van der Waals surface area (Å²) in [6.45, 7) is 2.64. The predicted molar refractivity (Wildman–Crippen MR) is 80.8 cm³/mol. The van der Waals surface area contributed by atoms with Crippen molar-refractivity contribution >= 4 is 11.6 Å². The van der Waals surface area contributed by atoms with E-state index in [1.54, 1.807) is 25.5 Å². The van der Waals surface area contributed by atoms with Crippen LogP contribution >= 0.6 is 0 Å². The normalized spacial score (nSPS) is 10.1. The largest absolute Gasteiger partial charge is 0.387 e. The summed E-state index contributed by atoms with van der Waals surface area (Å²) in [5, 5.41) is 5.94. The molecule has 0 aliphatic rings. The van der Waals surface area contributed by atoms with Crippen molar-refractivity contribution in [1.29, 1.82) is 0 Å². The molecule has 1 aromatic heterocycles. The summed E-state index contributed by atoms with van der Waals surface area (Å²) in [6.07, 6.45) is 4.20. The van der Waals surface area contributed by atoms with Gasteiger partial charge in [-0.2, -0.15) is 0 Å². The Hall–Kier alpha value is -2.36. The second-order valence-electron chi connectivity index (χ2n) is 4.48. The number of nitrogens with one attached hydrogen (secondary N) is 2.